The van der Waals surface area contributed by atoms with Crippen LogP contribution in [-0.4, -0.2) is 24.0 Å². The first-order chi connectivity index (χ1) is 8.99. The smallest absolute Gasteiger partial charge is 0.123 e. The van der Waals surface area contributed by atoms with Crippen LogP contribution in [0.5, 0.6) is 0 Å². The van der Waals surface area contributed by atoms with Crippen LogP contribution in [0.4, 0.5) is 4.39 Å². The Balaban J connectivity index is 2.30. The second kappa shape index (κ2) is 6.02. The molecule has 2 unspecified atom stereocenters. The number of piperidine rings is 1. The van der Waals surface area contributed by atoms with Crippen molar-refractivity contribution in [1.29, 1.82) is 0 Å². The van der Waals surface area contributed by atoms with Crippen LogP contribution in [0.25, 0.3) is 0 Å². The Morgan fingerprint density at radius 2 is 2.16 bits per heavy atom. The maximum Gasteiger partial charge on any atom is 0.123 e. The fraction of sp³-hybridized carbons (Fsp3) is 0.625. The molecule has 0 spiro atoms. The molecule has 1 aromatic rings. The number of benzene rings is 1. The number of nitrogens with zero attached hydrogens (tertiary/aromatic N) is 1. The van der Waals surface area contributed by atoms with Gasteiger partial charge in [-0.1, -0.05) is 19.9 Å². The predicted molar refractivity (Wildman–Crippen MR) is 77.5 cm³/mol. The third-order valence-electron chi connectivity index (χ3n) is 3.93. The van der Waals surface area contributed by atoms with Gasteiger partial charge in [-0.2, -0.15) is 0 Å². The fourth-order valence-corrected chi connectivity index (χ4v) is 3.17. The summed E-state index contributed by atoms with van der Waals surface area (Å²) in [5.74, 6) is 0.453. The van der Waals surface area contributed by atoms with Gasteiger partial charge < -0.3 is 5.73 Å². The first-order valence-corrected chi connectivity index (χ1v) is 7.24. The number of aryl methyl sites for hydroxylation is 1. The van der Waals surface area contributed by atoms with Crippen molar-refractivity contribution in [1.82, 2.24) is 4.90 Å². The summed E-state index contributed by atoms with van der Waals surface area (Å²) in [4.78, 5) is 2.47. The molecule has 1 heterocycles. The van der Waals surface area contributed by atoms with Crippen molar-refractivity contribution in [2.45, 2.75) is 45.7 Å². The molecule has 0 aliphatic carbocycles. The van der Waals surface area contributed by atoms with Gasteiger partial charge in [0, 0.05) is 12.6 Å². The minimum absolute atomic E-state index is 0.150. The highest BCUT2D eigenvalue weighted by molar-refractivity contribution is 5.31. The van der Waals surface area contributed by atoms with Gasteiger partial charge >= 0.3 is 0 Å². The number of hydrogen-bond donors (Lipinski definition) is 1. The summed E-state index contributed by atoms with van der Waals surface area (Å²) in [7, 11) is 0. The van der Waals surface area contributed by atoms with Crippen molar-refractivity contribution >= 4 is 0 Å². The van der Waals surface area contributed by atoms with Crippen molar-refractivity contribution in [2.75, 3.05) is 13.1 Å². The molecule has 1 fully saturated rings. The molecule has 2 rings (SSSR count). The molecule has 0 bridgehead atoms. The van der Waals surface area contributed by atoms with E-state index in [2.05, 4.69) is 18.7 Å². The Hall–Kier alpha value is -0.930. The lowest BCUT2D eigenvalue weighted by Gasteiger charge is -2.41. The Labute approximate surface area is 115 Å². The molecule has 1 aliphatic rings. The second-order valence-corrected chi connectivity index (χ2v) is 6.14. The van der Waals surface area contributed by atoms with Gasteiger partial charge in [0.15, 0.2) is 0 Å². The van der Waals surface area contributed by atoms with Gasteiger partial charge in [-0.25, -0.2) is 4.39 Å². The predicted octanol–water partition coefficient (Wildman–Crippen LogP) is 3.25. The number of hydrogen-bond acceptors (Lipinski definition) is 2. The van der Waals surface area contributed by atoms with Crippen LogP contribution in [0.1, 0.15) is 43.9 Å². The van der Waals surface area contributed by atoms with E-state index in [1.54, 1.807) is 12.1 Å². The minimum atomic E-state index is -0.166. The highest BCUT2D eigenvalue weighted by Gasteiger charge is 2.31. The zero-order valence-electron chi connectivity index (χ0n) is 12.2. The average molecular weight is 264 g/mol. The zero-order chi connectivity index (χ0) is 14.0. The molecule has 0 aromatic heterocycles. The van der Waals surface area contributed by atoms with Gasteiger partial charge in [-0.05, 0) is 55.5 Å². The Kier molecular flexibility index (Phi) is 4.58. The van der Waals surface area contributed by atoms with Gasteiger partial charge in [-0.3, -0.25) is 4.90 Å². The summed E-state index contributed by atoms with van der Waals surface area (Å²) >= 11 is 0. The molecule has 2 N–H and O–H groups in total. The largest absolute Gasteiger partial charge is 0.326 e. The lowest BCUT2D eigenvalue weighted by Crippen LogP contribution is -2.47. The molecule has 1 aromatic carbocycles. The van der Waals surface area contributed by atoms with E-state index in [-0.39, 0.29) is 17.9 Å². The first kappa shape index (κ1) is 14.5. The monoisotopic (exact) mass is 264 g/mol. The number of rotatable bonds is 3. The SMILES string of the molecule is Cc1cc(F)ccc1C1C(N)CCCN1CC(C)C. The lowest BCUT2D eigenvalue weighted by atomic mass is 9.88. The molecule has 3 heteroatoms. The van der Waals surface area contributed by atoms with Gasteiger partial charge in [0.2, 0.25) is 0 Å². The van der Waals surface area contributed by atoms with Crippen LogP contribution in [0, 0.1) is 18.7 Å². The van der Waals surface area contributed by atoms with E-state index in [1.165, 1.54) is 5.56 Å². The second-order valence-electron chi connectivity index (χ2n) is 6.14. The van der Waals surface area contributed by atoms with Crippen LogP contribution in [-0.2, 0) is 0 Å². The molecule has 106 valence electrons. The summed E-state index contributed by atoms with van der Waals surface area (Å²) < 4.78 is 13.3. The first-order valence-electron chi connectivity index (χ1n) is 7.24. The minimum Gasteiger partial charge on any atom is -0.326 e. The topological polar surface area (TPSA) is 29.3 Å². The molecule has 2 nitrogen and oxygen atoms in total. The maximum atomic E-state index is 13.3. The van der Waals surface area contributed by atoms with E-state index >= 15 is 0 Å². The van der Waals surface area contributed by atoms with Crippen molar-refractivity contribution in [2.24, 2.45) is 11.7 Å². The van der Waals surface area contributed by atoms with Crippen molar-refractivity contribution in [3.63, 3.8) is 0 Å². The molecule has 1 saturated heterocycles. The maximum absolute atomic E-state index is 13.3. The van der Waals surface area contributed by atoms with Crippen molar-refractivity contribution < 1.29 is 4.39 Å². The molecule has 19 heavy (non-hydrogen) atoms. The Morgan fingerprint density at radius 3 is 2.79 bits per heavy atom. The van der Waals surface area contributed by atoms with Crippen molar-refractivity contribution in [3.05, 3.63) is 35.1 Å². The Bertz CT molecular complexity index is 431. The van der Waals surface area contributed by atoms with Gasteiger partial charge in [0.1, 0.15) is 5.82 Å². The highest BCUT2D eigenvalue weighted by atomic mass is 19.1. The van der Waals surface area contributed by atoms with Crippen LogP contribution < -0.4 is 5.73 Å². The summed E-state index contributed by atoms with van der Waals surface area (Å²) in [6, 6.07) is 5.46. The van der Waals surface area contributed by atoms with Gasteiger partial charge in [0.05, 0.1) is 6.04 Å². The lowest BCUT2D eigenvalue weighted by molar-refractivity contribution is 0.113. The molecule has 0 radical (unpaired) electrons. The molecule has 0 saturated carbocycles. The van der Waals surface area contributed by atoms with E-state index in [1.807, 2.05) is 13.0 Å². The average Bonchev–Trinajstić information content (AvgIpc) is 2.30. The number of likely N-dealkylation sites (tertiary alicyclic amines) is 1. The molecule has 1 aliphatic heterocycles. The van der Waals surface area contributed by atoms with Crippen LogP contribution in [0.2, 0.25) is 0 Å². The van der Waals surface area contributed by atoms with Crippen LogP contribution in [0.15, 0.2) is 18.2 Å². The standard InChI is InChI=1S/C16H25FN2/c1-11(2)10-19-8-4-5-15(18)16(19)14-7-6-13(17)9-12(14)3/h6-7,9,11,15-16H,4-5,8,10,18H2,1-3H3. The van der Waals surface area contributed by atoms with Crippen LogP contribution >= 0.6 is 0 Å². The number of halogens is 1. The normalized spacial score (nSPS) is 24.9. The van der Waals surface area contributed by atoms with Crippen LogP contribution in [0.3, 0.4) is 0 Å². The van der Waals surface area contributed by atoms with Crippen molar-refractivity contribution in [3.8, 4) is 0 Å². The van der Waals surface area contributed by atoms with E-state index in [0.717, 1.165) is 31.5 Å². The highest BCUT2D eigenvalue weighted by Crippen LogP contribution is 2.32. The van der Waals surface area contributed by atoms with Gasteiger partial charge in [-0.15, -0.1) is 0 Å². The summed E-state index contributed by atoms with van der Waals surface area (Å²) in [5, 5.41) is 0. The fourth-order valence-electron chi connectivity index (χ4n) is 3.17. The van der Waals surface area contributed by atoms with E-state index in [0.29, 0.717) is 5.92 Å². The Morgan fingerprint density at radius 1 is 1.42 bits per heavy atom. The molecule has 2 atom stereocenters. The summed E-state index contributed by atoms with van der Waals surface area (Å²) in [5.41, 5.74) is 8.55. The summed E-state index contributed by atoms with van der Waals surface area (Å²) in [6.45, 7) is 8.58. The van der Waals surface area contributed by atoms with Gasteiger partial charge in [0.25, 0.3) is 0 Å². The van der Waals surface area contributed by atoms with E-state index in [4.69, 9.17) is 5.73 Å². The number of nitrogens with two attached hydrogens (primary N) is 1. The molecular formula is C16H25FN2. The third-order valence-corrected chi connectivity index (χ3v) is 3.93. The molecular weight excluding hydrogens is 239 g/mol. The third kappa shape index (κ3) is 3.34. The van der Waals surface area contributed by atoms with E-state index < -0.39 is 0 Å². The summed E-state index contributed by atoms with van der Waals surface area (Å²) in [6.07, 6.45) is 2.21. The van der Waals surface area contributed by atoms with E-state index in [9.17, 15) is 4.39 Å². The zero-order valence-corrected chi connectivity index (χ0v) is 12.2. The quantitative estimate of drug-likeness (QED) is 0.908. The molecule has 0 amide bonds.